The molecule has 0 saturated carbocycles. The molecule has 1 aliphatic rings. The number of nitrogens with zero attached hydrogens (tertiary/aromatic N) is 5. The fourth-order valence-corrected chi connectivity index (χ4v) is 2.64. The lowest BCUT2D eigenvalue weighted by Crippen LogP contribution is -2.03. The van der Waals surface area contributed by atoms with Gasteiger partial charge in [-0.05, 0) is 30.7 Å². The topological polar surface area (TPSA) is 65.7 Å². The quantitative estimate of drug-likeness (QED) is 0.743. The van der Waals surface area contributed by atoms with Crippen LogP contribution < -0.4 is 0 Å². The molecule has 0 unspecified atom stereocenters. The number of benzene rings is 1. The number of rotatable bonds is 3. The summed E-state index contributed by atoms with van der Waals surface area (Å²) in [5, 5.41) is 12.3. The van der Waals surface area contributed by atoms with Gasteiger partial charge in [-0.15, -0.1) is 0 Å². The van der Waals surface area contributed by atoms with E-state index in [1.165, 1.54) is 12.1 Å². The van der Waals surface area contributed by atoms with Gasteiger partial charge in [-0.2, -0.15) is 15.3 Å². The minimum absolute atomic E-state index is 0.165. The van der Waals surface area contributed by atoms with Crippen LogP contribution >= 0.6 is 0 Å². The summed E-state index contributed by atoms with van der Waals surface area (Å²) in [5.74, 6) is 1.17. The summed E-state index contributed by atoms with van der Waals surface area (Å²) in [6, 6.07) is 8.09. The van der Waals surface area contributed by atoms with Crippen LogP contribution in [0.2, 0.25) is 0 Å². The van der Waals surface area contributed by atoms with Crippen LogP contribution in [0.25, 0.3) is 17.1 Å². The van der Waals surface area contributed by atoms with Crippen molar-refractivity contribution in [2.24, 2.45) is 0 Å². The molecule has 7 heteroatoms. The first-order valence-corrected chi connectivity index (χ1v) is 7.39. The third-order valence-electron chi connectivity index (χ3n) is 3.81. The minimum atomic E-state index is -0.317. The summed E-state index contributed by atoms with van der Waals surface area (Å²) < 4.78 is 20.7. The van der Waals surface area contributed by atoms with Crippen LogP contribution in [0, 0.1) is 5.82 Å². The Balaban J connectivity index is 1.85. The molecule has 1 atom stereocenters. The molecule has 0 spiro atoms. The maximum atomic E-state index is 13.6. The molecule has 23 heavy (non-hydrogen) atoms. The first-order valence-electron chi connectivity index (χ1n) is 7.39. The molecule has 3 aromatic rings. The van der Waals surface area contributed by atoms with Crippen molar-refractivity contribution in [2.45, 2.75) is 12.3 Å². The van der Waals surface area contributed by atoms with Crippen molar-refractivity contribution in [1.82, 2.24) is 25.0 Å². The third kappa shape index (κ3) is 2.70. The van der Waals surface area contributed by atoms with E-state index in [-0.39, 0.29) is 11.7 Å². The predicted octanol–water partition coefficient (Wildman–Crippen LogP) is 2.37. The van der Waals surface area contributed by atoms with Crippen LogP contribution in [0.4, 0.5) is 4.39 Å². The van der Waals surface area contributed by atoms with Gasteiger partial charge in [0.15, 0.2) is 11.6 Å². The molecule has 3 heterocycles. The van der Waals surface area contributed by atoms with Gasteiger partial charge in [-0.25, -0.2) is 14.1 Å². The van der Waals surface area contributed by atoms with Gasteiger partial charge in [0, 0.05) is 18.1 Å². The Kier molecular flexibility index (Phi) is 3.55. The van der Waals surface area contributed by atoms with Gasteiger partial charge in [0.25, 0.3) is 0 Å². The summed E-state index contributed by atoms with van der Waals surface area (Å²) in [5.41, 5.74) is 1.40. The molecule has 0 amide bonds. The molecule has 4 rings (SSSR count). The zero-order chi connectivity index (χ0) is 15.6. The normalized spacial score (nSPS) is 17.5. The standard InChI is InChI=1S/C16H14FN5O/c17-13-2-1-3-14(8-13)22-16(11-4-6-18-19-9-11)20-15(21-22)12-5-7-23-10-12/h1-4,6,8-9,12H,5,7,10H2/t12-/m0/s1. The zero-order valence-electron chi connectivity index (χ0n) is 12.3. The van der Waals surface area contributed by atoms with E-state index in [0.29, 0.717) is 30.5 Å². The first kappa shape index (κ1) is 14.0. The van der Waals surface area contributed by atoms with Crippen LogP contribution in [-0.2, 0) is 4.74 Å². The maximum Gasteiger partial charge on any atom is 0.165 e. The summed E-state index contributed by atoms with van der Waals surface area (Å²) in [7, 11) is 0. The highest BCUT2D eigenvalue weighted by Crippen LogP contribution is 2.27. The lowest BCUT2D eigenvalue weighted by molar-refractivity contribution is 0.193. The monoisotopic (exact) mass is 311 g/mol. The van der Waals surface area contributed by atoms with E-state index in [1.807, 2.05) is 6.07 Å². The Morgan fingerprint density at radius 3 is 2.91 bits per heavy atom. The molecular formula is C16H14FN5O. The Morgan fingerprint density at radius 1 is 1.22 bits per heavy atom. The average molecular weight is 311 g/mol. The number of ether oxygens (including phenoxy) is 1. The molecule has 1 aliphatic heterocycles. The van der Waals surface area contributed by atoms with Crippen LogP contribution in [-0.4, -0.2) is 38.2 Å². The number of hydrogen-bond acceptors (Lipinski definition) is 5. The fraction of sp³-hybridized carbons (Fsp3) is 0.250. The van der Waals surface area contributed by atoms with Gasteiger partial charge < -0.3 is 4.74 Å². The highest BCUT2D eigenvalue weighted by Gasteiger charge is 2.24. The van der Waals surface area contributed by atoms with Crippen LogP contribution in [0.15, 0.2) is 42.7 Å². The smallest absolute Gasteiger partial charge is 0.165 e. The molecule has 1 aromatic carbocycles. The van der Waals surface area contributed by atoms with Crippen molar-refractivity contribution in [3.8, 4) is 17.1 Å². The van der Waals surface area contributed by atoms with E-state index in [0.717, 1.165) is 12.0 Å². The summed E-state index contributed by atoms with van der Waals surface area (Å²) >= 11 is 0. The molecule has 116 valence electrons. The van der Waals surface area contributed by atoms with Crippen molar-refractivity contribution < 1.29 is 9.13 Å². The summed E-state index contributed by atoms with van der Waals surface area (Å²) in [6.07, 6.45) is 4.11. The second-order valence-electron chi connectivity index (χ2n) is 5.38. The van der Waals surface area contributed by atoms with E-state index in [2.05, 4.69) is 20.3 Å². The molecule has 1 saturated heterocycles. The van der Waals surface area contributed by atoms with E-state index in [1.54, 1.807) is 29.2 Å². The van der Waals surface area contributed by atoms with Gasteiger partial charge in [0.1, 0.15) is 5.82 Å². The van der Waals surface area contributed by atoms with Crippen molar-refractivity contribution in [3.63, 3.8) is 0 Å². The van der Waals surface area contributed by atoms with Gasteiger partial charge >= 0.3 is 0 Å². The van der Waals surface area contributed by atoms with Crippen molar-refractivity contribution >= 4 is 0 Å². The van der Waals surface area contributed by atoms with E-state index in [4.69, 9.17) is 4.74 Å². The molecule has 0 N–H and O–H groups in total. The number of aromatic nitrogens is 5. The Hall–Kier alpha value is -2.67. The predicted molar refractivity (Wildman–Crippen MR) is 80.5 cm³/mol. The molecular weight excluding hydrogens is 297 g/mol. The average Bonchev–Trinajstić information content (AvgIpc) is 3.25. The van der Waals surface area contributed by atoms with Crippen molar-refractivity contribution in [1.29, 1.82) is 0 Å². The zero-order valence-corrected chi connectivity index (χ0v) is 12.3. The van der Waals surface area contributed by atoms with Gasteiger partial charge in [0.2, 0.25) is 0 Å². The van der Waals surface area contributed by atoms with Crippen molar-refractivity contribution in [2.75, 3.05) is 13.2 Å². The van der Waals surface area contributed by atoms with Crippen LogP contribution in [0.3, 0.4) is 0 Å². The molecule has 6 nitrogen and oxygen atoms in total. The fourth-order valence-electron chi connectivity index (χ4n) is 2.64. The molecule has 0 aliphatic carbocycles. The lowest BCUT2D eigenvalue weighted by Gasteiger charge is -2.05. The molecule has 1 fully saturated rings. The van der Waals surface area contributed by atoms with E-state index >= 15 is 0 Å². The highest BCUT2D eigenvalue weighted by atomic mass is 19.1. The first-order chi connectivity index (χ1) is 11.3. The Morgan fingerprint density at radius 2 is 2.17 bits per heavy atom. The Labute approximate surface area is 132 Å². The second kappa shape index (κ2) is 5.85. The van der Waals surface area contributed by atoms with Crippen molar-refractivity contribution in [3.05, 3.63) is 54.4 Å². The van der Waals surface area contributed by atoms with Gasteiger partial charge in [-0.1, -0.05) is 6.07 Å². The maximum absolute atomic E-state index is 13.6. The summed E-state index contributed by atoms with van der Waals surface area (Å²) in [6.45, 7) is 1.33. The van der Waals surface area contributed by atoms with Gasteiger partial charge in [-0.3, -0.25) is 0 Å². The number of halogens is 1. The molecule has 0 bridgehead atoms. The van der Waals surface area contributed by atoms with E-state index in [9.17, 15) is 4.39 Å². The summed E-state index contributed by atoms with van der Waals surface area (Å²) in [4.78, 5) is 4.65. The Bertz CT molecular complexity index is 814. The van der Waals surface area contributed by atoms with Crippen LogP contribution in [0.1, 0.15) is 18.2 Å². The minimum Gasteiger partial charge on any atom is -0.381 e. The number of hydrogen-bond donors (Lipinski definition) is 0. The highest BCUT2D eigenvalue weighted by molar-refractivity contribution is 5.56. The molecule has 2 aromatic heterocycles. The molecule has 0 radical (unpaired) electrons. The van der Waals surface area contributed by atoms with E-state index < -0.39 is 0 Å². The lowest BCUT2D eigenvalue weighted by atomic mass is 10.1. The van der Waals surface area contributed by atoms with Crippen LogP contribution in [0.5, 0.6) is 0 Å². The van der Waals surface area contributed by atoms with Gasteiger partial charge in [0.05, 0.1) is 24.7 Å². The third-order valence-corrected chi connectivity index (χ3v) is 3.81. The second-order valence-corrected chi connectivity index (χ2v) is 5.38. The SMILES string of the molecule is Fc1cccc(-n2nc([C@H]3CCOC3)nc2-c2ccnnc2)c1. The largest absolute Gasteiger partial charge is 0.381 e.